The molecule has 24 heavy (non-hydrogen) atoms. The number of anilines is 2. The van der Waals surface area contributed by atoms with E-state index in [4.69, 9.17) is 9.26 Å². The molecule has 1 aromatic heterocycles. The number of ether oxygens (including phenoxy) is 1. The van der Waals surface area contributed by atoms with Gasteiger partial charge in [-0.1, -0.05) is 5.16 Å². The number of benzene rings is 1. The highest BCUT2D eigenvalue weighted by Gasteiger charge is 2.23. The number of carbonyl (C=O) groups excluding carboxylic acids is 1. The van der Waals surface area contributed by atoms with Gasteiger partial charge in [-0.3, -0.25) is 4.79 Å². The second-order valence-electron chi connectivity index (χ2n) is 5.07. The first-order valence-corrected chi connectivity index (χ1v) is 9.08. The number of aromatic nitrogens is 1. The molecule has 0 bridgehead atoms. The minimum Gasteiger partial charge on any atom is -0.494 e. The Balaban J connectivity index is 2.08. The fourth-order valence-corrected chi connectivity index (χ4v) is 2.75. The molecule has 0 aliphatic heterocycles. The molecule has 0 unspecified atom stereocenters. The summed E-state index contributed by atoms with van der Waals surface area (Å²) < 4.78 is 34.9. The highest BCUT2D eigenvalue weighted by molar-refractivity contribution is 7.92. The van der Waals surface area contributed by atoms with Crippen molar-refractivity contribution in [3.8, 4) is 5.75 Å². The lowest BCUT2D eigenvalue weighted by Crippen LogP contribution is -2.37. The first-order chi connectivity index (χ1) is 11.3. The number of carbonyl (C=O) groups is 1. The Hall–Kier alpha value is -2.55. The molecule has 0 aliphatic rings. The van der Waals surface area contributed by atoms with Gasteiger partial charge >= 0.3 is 0 Å². The van der Waals surface area contributed by atoms with E-state index in [0.29, 0.717) is 23.8 Å². The van der Waals surface area contributed by atoms with Gasteiger partial charge in [0.25, 0.3) is 0 Å². The van der Waals surface area contributed by atoms with E-state index in [9.17, 15) is 13.2 Å². The molecule has 1 aromatic carbocycles. The van der Waals surface area contributed by atoms with E-state index >= 15 is 0 Å². The predicted octanol–water partition coefficient (Wildman–Crippen LogP) is 1.79. The van der Waals surface area contributed by atoms with Crippen molar-refractivity contribution >= 4 is 27.4 Å². The molecule has 1 amide bonds. The summed E-state index contributed by atoms with van der Waals surface area (Å²) in [7, 11) is -3.68. The van der Waals surface area contributed by atoms with Crippen molar-refractivity contribution in [2.45, 2.75) is 13.8 Å². The lowest BCUT2D eigenvalue weighted by atomic mass is 10.3. The van der Waals surface area contributed by atoms with Crippen molar-refractivity contribution in [1.29, 1.82) is 0 Å². The van der Waals surface area contributed by atoms with Crippen LogP contribution in [-0.4, -0.2) is 38.9 Å². The van der Waals surface area contributed by atoms with Crippen molar-refractivity contribution in [2.75, 3.05) is 29.0 Å². The summed E-state index contributed by atoms with van der Waals surface area (Å²) in [4.78, 5) is 12.2. The quantitative estimate of drug-likeness (QED) is 0.814. The van der Waals surface area contributed by atoms with Gasteiger partial charge in [-0.2, -0.15) is 0 Å². The lowest BCUT2D eigenvalue weighted by Gasteiger charge is -2.18. The standard InChI is InChI=1S/C15H19N3O5S/c1-4-22-13-7-5-12(6-8-13)16-15(19)10-18(24(3,20)21)14-9-11(2)23-17-14/h5-9H,4,10H2,1-3H3,(H,16,19). The second-order valence-corrected chi connectivity index (χ2v) is 6.98. The Kier molecular flexibility index (Phi) is 5.45. The SMILES string of the molecule is CCOc1ccc(NC(=O)CN(c2cc(C)on2)S(C)(=O)=O)cc1. The summed E-state index contributed by atoms with van der Waals surface area (Å²) in [5.41, 5.74) is 0.535. The molecule has 0 radical (unpaired) electrons. The second kappa shape index (κ2) is 7.35. The number of rotatable bonds is 7. The molecule has 8 nitrogen and oxygen atoms in total. The van der Waals surface area contributed by atoms with Gasteiger partial charge in [0.15, 0.2) is 5.82 Å². The summed E-state index contributed by atoms with van der Waals surface area (Å²) in [6.07, 6.45) is 1.00. The van der Waals surface area contributed by atoms with Crippen molar-refractivity contribution in [1.82, 2.24) is 5.16 Å². The highest BCUT2D eigenvalue weighted by atomic mass is 32.2. The first-order valence-electron chi connectivity index (χ1n) is 7.23. The van der Waals surface area contributed by atoms with Crippen LogP contribution in [0.1, 0.15) is 12.7 Å². The minimum atomic E-state index is -3.68. The molecule has 0 spiro atoms. The summed E-state index contributed by atoms with van der Waals surface area (Å²) in [6.45, 7) is 3.65. The van der Waals surface area contributed by atoms with Crippen LogP contribution in [-0.2, 0) is 14.8 Å². The van der Waals surface area contributed by atoms with Crippen LogP contribution in [0.5, 0.6) is 5.75 Å². The maximum Gasteiger partial charge on any atom is 0.245 e. The van der Waals surface area contributed by atoms with E-state index in [1.807, 2.05) is 6.92 Å². The van der Waals surface area contributed by atoms with Gasteiger partial charge in [0.2, 0.25) is 15.9 Å². The summed E-state index contributed by atoms with van der Waals surface area (Å²) >= 11 is 0. The van der Waals surface area contributed by atoms with Crippen LogP contribution in [0.4, 0.5) is 11.5 Å². The third kappa shape index (κ3) is 4.72. The lowest BCUT2D eigenvalue weighted by molar-refractivity contribution is -0.114. The molecule has 0 aliphatic carbocycles. The molecular weight excluding hydrogens is 334 g/mol. The Morgan fingerprint density at radius 1 is 1.33 bits per heavy atom. The number of hydrogen-bond acceptors (Lipinski definition) is 6. The van der Waals surface area contributed by atoms with E-state index in [1.165, 1.54) is 6.07 Å². The summed E-state index contributed by atoms with van der Waals surface area (Å²) in [5, 5.41) is 6.28. The molecule has 0 saturated heterocycles. The first kappa shape index (κ1) is 17.8. The van der Waals surface area contributed by atoms with Gasteiger partial charge in [0, 0.05) is 11.8 Å². The topological polar surface area (TPSA) is 102 Å². The van der Waals surface area contributed by atoms with Gasteiger partial charge in [0.05, 0.1) is 12.9 Å². The average Bonchev–Trinajstić information content (AvgIpc) is 2.92. The van der Waals surface area contributed by atoms with E-state index in [2.05, 4.69) is 10.5 Å². The van der Waals surface area contributed by atoms with E-state index in [0.717, 1.165) is 10.6 Å². The normalized spacial score (nSPS) is 11.1. The van der Waals surface area contributed by atoms with Crippen LogP contribution in [0.2, 0.25) is 0 Å². The third-order valence-corrected chi connectivity index (χ3v) is 4.12. The van der Waals surface area contributed by atoms with Crippen LogP contribution in [0.3, 0.4) is 0 Å². The molecule has 1 heterocycles. The number of amides is 1. The van der Waals surface area contributed by atoms with Crippen molar-refractivity contribution in [3.05, 3.63) is 36.1 Å². The van der Waals surface area contributed by atoms with Crippen LogP contribution in [0, 0.1) is 6.92 Å². The highest BCUT2D eigenvalue weighted by Crippen LogP contribution is 2.18. The minimum absolute atomic E-state index is 0.0665. The number of hydrogen-bond donors (Lipinski definition) is 1. The maximum absolute atomic E-state index is 12.2. The van der Waals surface area contributed by atoms with Crippen molar-refractivity contribution < 1.29 is 22.5 Å². The van der Waals surface area contributed by atoms with E-state index in [-0.39, 0.29) is 5.82 Å². The number of nitrogens with one attached hydrogen (secondary N) is 1. The van der Waals surface area contributed by atoms with E-state index in [1.54, 1.807) is 31.2 Å². The van der Waals surface area contributed by atoms with Gasteiger partial charge in [-0.15, -0.1) is 0 Å². The van der Waals surface area contributed by atoms with Crippen molar-refractivity contribution in [2.24, 2.45) is 0 Å². The van der Waals surface area contributed by atoms with Crippen LogP contribution >= 0.6 is 0 Å². The zero-order chi connectivity index (χ0) is 17.7. The van der Waals surface area contributed by atoms with E-state index < -0.39 is 22.5 Å². The van der Waals surface area contributed by atoms with Crippen LogP contribution in [0.25, 0.3) is 0 Å². The smallest absolute Gasteiger partial charge is 0.245 e. The number of nitrogens with zero attached hydrogens (tertiary/aromatic N) is 2. The zero-order valence-electron chi connectivity index (χ0n) is 13.6. The molecular formula is C15H19N3O5S. The average molecular weight is 353 g/mol. The Morgan fingerprint density at radius 3 is 2.50 bits per heavy atom. The predicted molar refractivity (Wildman–Crippen MR) is 89.7 cm³/mol. The Labute approximate surface area is 140 Å². The Morgan fingerprint density at radius 2 is 2.00 bits per heavy atom. The zero-order valence-corrected chi connectivity index (χ0v) is 14.5. The fraction of sp³-hybridized carbons (Fsp3) is 0.333. The summed E-state index contributed by atoms with van der Waals surface area (Å²) in [5.74, 6) is 0.707. The molecule has 9 heteroatoms. The third-order valence-electron chi connectivity index (χ3n) is 3.01. The number of sulfonamides is 1. The van der Waals surface area contributed by atoms with Gasteiger partial charge in [-0.05, 0) is 38.1 Å². The largest absolute Gasteiger partial charge is 0.494 e. The maximum atomic E-state index is 12.2. The molecule has 2 rings (SSSR count). The van der Waals surface area contributed by atoms with Gasteiger partial charge in [-0.25, -0.2) is 12.7 Å². The monoisotopic (exact) mass is 353 g/mol. The summed E-state index contributed by atoms with van der Waals surface area (Å²) in [6, 6.07) is 8.23. The van der Waals surface area contributed by atoms with Crippen LogP contribution < -0.4 is 14.4 Å². The molecule has 0 saturated carbocycles. The molecule has 130 valence electrons. The molecule has 2 aromatic rings. The molecule has 1 N–H and O–H groups in total. The van der Waals surface area contributed by atoms with Gasteiger partial charge in [0.1, 0.15) is 18.1 Å². The molecule has 0 atom stereocenters. The molecule has 0 fully saturated rings. The fourth-order valence-electron chi connectivity index (χ4n) is 1.97. The number of aryl methyl sites for hydroxylation is 1. The van der Waals surface area contributed by atoms with Crippen molar-refractivity contribution in [3.63, 3.8) is 0 Å². The Bertz CT molecular complexity index is 799. The van der Waals surface area contributed by atoms with Gasteiger partial charge < -0.3 is 14.6 Å². The van der Waals surface area contributed by atoms with Crippen LogP contribution in [0.15, 0.2) is 34.9 Å².